The van der Waals surface area contributed by atoms with Crippen LogP contribution in [0.5, 0.6) is 5.75 Å². The molecule has 0 bridgehead atoms. The highest BCUT2D eigenvalue weighted by atomic mass is 19.1. The van der Waals surface area contributed by atoms with E-state index >= 15 is 0 Å². The number of fused-ring (bicyclic) bond motifs is 1. The van der Waals surface area contributed by atoms with Crippen LogP contribution in [0.2, 0.25) is 0 Å². The Balaban J connectivity index is 2.00. The minimum absolute atomic E-state index is 0.129. The van der Waals surface area contributed by atoms with Crippen LogP contribution in [0.15, 0.2) is 30.6 Å². The molecule has 1 aromatic heterocycles. The van der Waals surface area contributed by atoms with Crippen LogP contribution in [0.1, 0.15) is 18.0 Å². The minimum Gasteiger partial charge on any atom is -0.494 e. The second kappa shape index (κ2) is 4.33. The molecule has 94 valence electrons. The summed E-state index contributed by atoms with van der Waals surface area (Å²) in [5.74, 6) is 0.788. The normalized spacial score (nSPS) is 18.0. The van der Waals surface area contributed by atoms with Crippen LogP contribution >= 0.6 is 0 Å². The molecule has 0 saturated heterocycles. The first-order valence-electron chi connectivity index (χ1n) is 5.90. The lowest BCUT2D eigenvalue weighted by molar-refractivity contribution is 0.385. The Morgan fingerprint density at radius 2 is 2.39 bits per heavy atom. The van der Waals surface area contributed by atoms with Gasteiger partial charge in [-0.05, 0) is 24.1 Å². The highest BCUT2D eigenvalue weighted by Crippen LogP contribution is 2.30. The third-order valence-electron chi connectivity index (χ3n) is 3.27. The third-order valence-corrected chi connectivity index (χ3v) is 3.27. The fraction of sp³-hybridized carbons (Fsp3) is 0.308. The number of ether oxygens (including phenoxy) is 1. The van der Waals surface area contributed by atoms with Gasteiger partial charge in [-0.1, -0.05) is 6.07 Å². The summed E-state index contributed by atoms with van der Waals surface area (Å²) < 4.78 is 20.7. The van der Waals surface area contributed by atoms with Crippen molar-refractivity contribution in [3.63, 3.8) is 0 Å². The molecular formula is C13H14FN3O. The van der Waals surface area contributed by atoms with E-state index in [1.54, 1.807) is 18.3 Å². The summed E-state index contributed by atoms with van der Waals surface area (Å²) in [6.45, 7) is 0.843. The van der Waals surface area contributed by atoms with Gasteiger partial charge in [0.2, 0.25) is 5.95 Å². The van der Waals surface area contributed by atoms with Crippen LogP contribution in [0, 0.1) is 5.82 Å². The van der Waals surface area contributed by atoms with Gasteiger partial charge in [-0.25, -0.2) is 9.37 Å². The lowest BCUT2D eigenvalue weighted by atomic mass is 10.0. The van der Waals surface area contributed by atoms with Crippen molar-refractivity contribution in [2.24, 2.45) is 0 Å². The number of aromatic nitrogens is 2. The Hall–Kier alpha value is -2.04. The van der Waals surface area contributed by atoms with E-state index in [4.69, 9.17) is 4.74 Å². The Morgan fingerprint density at radius 3 is 3.17 bits per heavy atom. The van der Waals surface area contributed by atoms with Crippen LogP contribution in [-0.2, 0) is 0 Å². The SMILES string of the molecule is COc1ccc(C2CCNc3nccn32)cc1F. The van der Waals surface area contributed by atoms with E-state index < -0.39 is 0 Å². The molecule has 0 saturated carbocycles. The number of hydrogen-bond donors (Lipinski definition) is 1. The van der Waals surface area contributed by atoms with Crippen molar-refractivity contribution in [3.8, 4) is 5.75 Å². The topological polar surface area (TPSA) is 39.1 Å². The summed E-state index contributed by atoms with van der Waals surface area (Å²) in [6.07, 6.45) is 4.57. The number of methoxy groups -OCH3 is 1. The molecule has 0 spiro atoms. The smallest absolute Gasteiger partial charge is 0.203 e. The van der Waals surface area contributed by atoms with Gasteiger partial charge in [-0.2, -0.15) is 0 Å². The molecular weight excluding hydrogens is 233 g/mol. The molecule has 4 nitrogen and oxygen atoms in total. The number of imidazole rings is 1. The van der Waals surface area contributed by atoms with Gasteiger partial charge in [0, 0.05) is 18.9 Å². The molecule has 5 heteroatoms. The molecule has 0 radical (unpaired) electrons. The van der Waals surface area contributed by atoms with Crippen LogP contribution in [0.4, 0.5) is 10.3 Å². The largest absolute Gasteiger partial charge is 0.494 e. The summed E-state index contributed by atoms with van der Waals surface area (Å²) >= 11 is 0. The Bertz CT molecular complexity index is 567. The molecule has 1 aromatic carbocycles. The fourth-order valence-electron chi connectivity index (χ4n) is 2.38. The molecule has 1 atom stereocenters. The Morgan fingerprint density at radius 1 is 1.50 bits per heavy atom. The van der Waals surface area contributed by atoms with E-state index in [0.29, 0.717) is 0 Å². The average molecular weight is 247 g/mol. The molecule has 2 aromatic rings. The zero-order valence-electron chi connectivity index (χ0n) is 10.1. The number of hydrogen-bond acceptors (Lipinski definition) is 3. The van der Waals surface area contributed by atoms with Crippen LogP contribution in [0.25, 0.3) is 0 Å². The molecule has 2 heterocycles. The van der Waals surface area contributed by atoms with Crippen molar-refractivity contribution < 1.29 is 9.13 Å². The van der Waals surface area contributed by atoms with Gasteiger partial charge in [-0.15, -0.1) is 0 Å². The first-order valence-corrected chi connectivity index (χ1v) is 5.90. The lowest BCUT2D eigenvalue weighted by Gasteiger charge is -2.26. The predicted octanol–water partition coefficient (Wildman–Crippen LogP) is 2.44. The second-order valence-corrected chi connectivity index (χ2v) is 4.28. The van der Waals surface area contributed by atoms with Crippen LogP contribution in [-0.4, -0.2) is 23.2 Å². The van der Waals surface area contributed by atoms with Gasteiger partial charge < -0.3 is 14.6 Å². The molecule has 18 heavy (non-hydrogen) atoms. The zero-order valence-corrected chi connectivity index (χ0v) is 10.1. The lowest BCUT2D eigenvalue weighted by Crippen LogP contribution is -2.23. The number of rotatable bonds is 2. The third kappa shape index (κ3) is 1.72. The molecule has 3 rings (SSSR count). The first-order chi connectivity index (χ1) is 8.79. The van der Waals surface area contributed by atoms with Crippen molar-refractivity contribution in [3.05, 3.63) is 42.0 Å². The fourth-order valence-corrected chi connectivity index (χ4v) is 2.38. The van der Waals surface area contributed by atoms with Crippen molar-refractivity contribution in [2.75, 3.05) is 19.0 Å². The van der Waals surface area contributed by atoms with Crippen LogP contribution < -0.4 is 10.1 Å². The number of nitrogens with zero attached hydrogens (tertiary/aromatic N) is 2. The van der Waals surface area contributed by atoms with Gasteiger partial charge in [0.1, 0.15) is 0 Å². The van der Waals surface area contributed by atoms with E-state index in [-0.39, 0.29) is 17.6 Å². The van der Waals surface area contributed by atoms with Crippen molar-refractivity contribution in [1.82, 2.24) is 9.55 Å². The van der Waals surface area contributed by atoms with Gasteiger partial charge in [0.15, 0.2) is 11.6 Å². The van der Waals surface area contributed by atoms with Crippen molar-refractivity contribution >= 4 is 5.95 Å². The maximum absolute atomic E-state index is 13.7. The number of benzene rings is 1. The average Bonchev–Trinajstić information content (AvgIpc) is 2.86. The number of nitrogens with one attached hydrogen (secondary N) is 1. The highest BCUT2D eigenvalue weighted by molar-refractivity contribution is 5.36. The van der Waals surface area contributed by atoms with Gasteiger partial charge in [0.25, 0.3) is 0 Å². The summed E-state index contributed by atoms with van der Waals surface area (Å²) in [6, 6.07) is 5.24. The molecule has 1 aliphatic rings. The van der Waals surface area contributed by atoms with E-state index in [1.807, 2.05) is 16.8 Å². The summed E-state index contributed by atoms with van der Waals surface area (Å²) in [4.78, 5) is 4.22. The van der Waals surface area contributed by atoms with Gasteiger partial charge >= 0.3 is 0 Å². The quantitative estimate of drug-likeness (QED) is 0.886. The van der Waals surface area contributed by atoms with E-state index in [2.05, 4.69) is 10.3 Å². The number of halogens is 1. The standard InChI is InChI=1S/C13H14FN3O/c1-18-12-3-2-9(8-10(12)14)11-4-5-15-13-16-6-7-17(11)13/h2-3,6-8,11H,4-5H2,1H3,(H,15,16). The van der Waals surface area contributed by atoms with Gasteiger partial charge in [-0.3, -0.25) is 0 Å². The number of anilines is 1. The molecule has 1 N–H and O–H groups in total. The summed E-state index contributed by atoms with van der Waals surface area (Å²) in [5, 5.41) is 3.21. The second-order valence-electron chi connectivity index (χ2n) is 4.28. The zero-order chi connectivity index (χ0) is 12.5. The molecule has 0 amide bonds. The maximum Gasteiger partial charge on any atom is 0.203 e. The minimum atomic E-state index is -0.324. The van der Waals surface area contributed by atoms with Crippen molar-refractivity contribution in [1.29, 1.82) is 0 Å². The monoisotopic (exact) mass is 247 g/mol. The predicted molar refractivity (Wildman–Crippen MR) is 66.4 cm³/mol. The van der Waals surface area contributed by atoms with E-state index in [0.717, 1.165) is 24.5 Å². The Kier molecular flexibility index (Phi) is 2.66. The molecule has 0 fully saturated rings. The molecule has 1 unspecified atom stereocenters. The molecule has 1 aliphatic heterocycles. The summed E-state index contributed by atoms with van der Waals surface area (Å²) in [5.41, 5.74) is 0.939. The van der Waals surface area contributed by atoms with Crippen molar-refractivity contribution in [2.45, 2.75) is 12.5 Å². The van der Waals surface area contributed by atoms with E-state index in [1.165, 1.54) is 7.11 Å². The van der Waals surface area contributed by atoms with Crippen LogP contribution in [0.3, 0.4) is 0 Å². The maximum atomic E-state index is 13.7. The first kappa shape index (κ1) is 11.1. The van der Waals surface area contributed by atoms with E-state index in [9.17, 15) is 4.39 Å². The Labute approximate surface area is 104 Å². The summed E-state index contributed by atoms with van der Waals surface area (Å²) in [7, 11) is 1.47. The highest BCUT2D eigenvalue weighted by Gasteiger charge is 2.21. The molecule has 0 aliphatic carbocycles. The van der Waals surface area contributed by atoms with Gasteiger partial charge in [0.05, 0.1) is 13.2 Å².